The minimum atomic E-state index is -3.63. The molecule has 0 fully saturated rings. The van der Waals surface area contributed by atoms with Crippen LogP contribution in [0.1, 0.15) is 35.5 Å². The second kappa shape index (κ2) is 9.16. The molecule has 0 saturated heterocycles. The topological polar surface area (TPSA) is 101 Å². The van der Waals surface area contributed by atoms with Crippen LogP contribution in [0.3, 0.4) is 0 Å². The Morgan fingerprint density at radius 3 is 2.33 bits per heavy atom. The van der Waals surface area contributed by atoms with Crippen molar-refractivity contribution in [3.05, 3.63) is 71.2 Å². The molecule has 11 heteroatoms. The number of carbonyl (C=O) groups is 1. The van der Waals surface area contributed by atoms with E-state index in [2.05, 4.69) is 10.4 Å². The van der Waals surface area contributed by atoms with Crippen molar-refractivity contribution in [1.29, 1.82) is 0 Å². The molecule has 0 spiro atoms. The maximum atomic E-state index is 13.4. The zero-order valence-electron chi connectivity index (χ0n) is 18.1. The number of fused-ring (bicyclic) bond motifs is 1. The van der Waals surface area contributed by atoms with E-state index >= 15 is 0 Å². The molecule has 0 aliphatic carbocycles. The Bertz CT molecular complexity index is 1320. The van der Waals surface area contributed by atoms with Crippen LogP contribution in [0.4, 0.5) is 10.2 Å². The maximum Gasteiger partial charge on any atom is 0.256 e. The van der Waals surface area contributed by atoms with Gasteiger partial charge in [-0.25, -0.2) is 17.5 Å². The highest BCUT2D eigenvalue weighted by molar-refractivity contribution is 7.89. The van der Waals surface area contributed by atoms with Crippen molar-refractivity contribution in [1.82, 2.24) is 14.1 Å². The molecule has 174 valence electrons. The quantitative estimate of drug-likeness (QED) is 0.549. The number of benzene rings is 2. The van der Waals surface area contributed by atoms with Gasteiger partial charge >= 0.3 is 0 Å². The molecule has 1 aliphatic rings. The third kappa shape index (κ3) is 4.48. The molecule has 4 rings (SSSR count). The zero-order chi connectivity index (χ0) is 23.8. The summed E-state index contributed by atoms with van der Waals surface area (Å²) in [7, 11) is -4.74. The highest BCUT2D eigenvalue weighted by Gasteiger charge is 2.29. The van der Waals surface area contributed by atoms with E-state index in [1.165, 1.54) is 57.5 Å². The predicted octanol–water partition coefficient (Wildman–Crippen LogP) is 3.06. The first kappa shape index (κ1) is 23.3. The van der Waals surface area contributed by atoms with Crippen LogP contribution in [0.15, 0.2) is 53.4 Å². The smallest absolute Gasteiger partial charge is 0.256 e. The van der Waals surface area contributed by atoms with E-state index in [0.29, 0.717) is 35.9 Å². The van der Waals surface area contributed by atoms with Gasteiger partial charge in [0.25, 0.3) is 5.91 Å². The van der Waals surface area contributed by atoms with Crippen molar-refractivity contribution in [3.63, 3.8) is 0 Å². The minimum absolute atomic E-state index is 0.107. The molecule has 0 saturated carbocycles. The van der Waals surface area contributed by atoms with Crippen LogP contribution in [0.5, 0.6) is 0 Å². The van der Waals surface area contributed by atoms with Gasteiger partial charge in [0.05, 0.1) is 27.8 Å². The van der Waals surface area contributed by atoms with Gasteiger partial charge in [0.15, 0.2) is 0 Å². The molecule has 3 aromatic rings. The summed E-state index contributed by atoms with van der Waals surface area (Å²) in [6.07, 6.45) is 0. The molecular formula is C22H23FN4O4S2. The molecular weight excluding hydrogens is 467 g/mol. The lowest BCUT2D eigenvalue weighted by atomic mass is 10.2. The minimum Gasteiger partial charge on any atom is -0.306 e. The molecule has 0 radical (unpaired) electrons. The molecule has 1 atom stereocenters. The first-order chi connectivity index (χ1) is 15.7. The van der Waals surface area contributed by atoms with Gasteiger partial charge in [0.1, 0.15) is 11.6 Å². The number of carbonyl (C=O) groups excluding carboxylic acids is 1. The molecule has 33 heavy (non-hydrogen) atoms. The van der Waals surface area contributed by atoms with Crippen LogP contribution < -0.4 is 5.32 Å². The molecule has 1 N–H and O–H groups in total. The van der Waals surface area contributed by atoms with Gasteiger partial charge in [-0.1, -0.05) is 13.8 Å². The molecule has 1 amide bonds. The number of aromatic nitrogens is 2. The summed E-state index contributed by atoms with van der Waals surface area (Å²) in [5.41, 5.74) is 2.10. The highest BCUT2D eigenvalue weighted by atomic mass is 32.2. The van der Waals surface area contributed by atoms with E-state index < -0.39 is 32.5 Å². The number of anilines is 1. The molecule has 2 heterocycles. The number of nitrogens with zero attached hydrogens (tertiary/aromatic N) is 3. The molecule has 8 nitrogen and oxygen atoms in total. The van der Waals surface area contributed by atoms with Gasteiger partial charge in [0, 0.05) is 35.0 Å². The number of rotatable bonds is 7. The number of hydrogen-bond donors (Lipinski definition) is 1. The summed E-state index contributed by atoms with van der Waals surface area (Å²) < 4.78 is 53.6. The fraction of sp³-hybridized carbons (Fsp3) is 0.273. The standard InChI is InChI=1S/C22H23FN4O4S2/c1-3-26(4-2)33(30,31)18-11-5-15(6-12-18)22(28)24-21-19-13-32(29)14-20(19)25-27(21)17-9-7-16(23)8-10-17/h5-12H,3-4,13-14H2,1-2H3,(H,24,28)/t32-/m1/s1. The third-order valence-corrected chi connectivity index (χ3v) is 8.70. The number of halogens is 1. The molecule has 1 aromatic heterocycles. The third-order valence-electron chi connectivity index (χ3n) is 5.43. The van der Waals surface area contributed by atoms with Crippen molar-refractivity contribution >= 4 is 32.5 Å². The Morgan fingerprint density at radius 1 is 1.09 bits per heavy atom. The molecule has 0 bridgehead atoms. The van der Waals surface area contributed by atoms with Gasteiger partial charge in [-0.05, 0) is 48.5 Å². The summed E-state index contributed by atoms with van der Waals surface area (Å²) in [6.45, 7) is 4.22. The Labute approximate surface area is 193 Å². The lowest BCUT2D eigenvalue weighted by Crippen LogP contribution is -2.30. The van der Waals surface area contributed by atoms with E-state index in [1.807, 2.05) is 0 Å². The number of hydrogen-bond acceptors (Lipinski definition) is 5. The molecule has 2 aromatic carbocycles. The monoisotopic (exact) mass is 490 g/mol. The number of nitrogens with one attached hydrogen (secondary N) is 1. The molecule has 1 aliphatic heterocycles. The predicted molar refractivity (Wildman–Crippen MR) is 124 cm³/mol. The normalized spacial score (nSPS) is 15.6. The number of amides is 1. The zero-order valence-corrected chi connectivity index (χ0v) is 19.7. The van der Waals surface area contributed by atoms with Crippen LogP contribution in [0.2, 0.25) is 0 Å². The second-order valence-corrected chi connectivity index (χ2v) is 10.9. The lowest BCUT2D eigenvalue weighted by Gasteiger charge is -2.18. The van der Waals surface area contributed by atoms with Gasteiger partial charge in [-0.2, -0.15) is 9.40 Å². The summed E-state index contributed by atoms with van der Waals surface area (Å²) in [4.78, 5) is 13.1. The second-order valence-electron chi connectivity index (χ2n) is 7.46. The van der Waals surface area contributed by atoms with Gasteiger partial charge < -0.3 is 5.32 Å². The summed E-state index contributed by atoms with van der Waals surface area (Å²) in [6, 6.07) is 11.4. The summed E-state index contributed by atoms with van der Waals surface area (Å²) >= 11 is 0. The van der Waals surface area contributed by atoms with E-state index in [4.69, 9.17) is 0 Å². The van der Waals surface area contributed by atoms with Crippen molar-refractivity contribution < 1.29 is 21.8 Å². The first-order valence-electron chi connectivity index (χ1n) is 10.4. The Balaban J connectivity index is 1.64. The first-order valence-corrected chi connectivity index (χ1v) is 13.3. The van der Waals surface area contributed by atoms with Crippen molar-refractivity contribution in [2.75, 3.05) is 18.4 Å². The maximum absolute atomic E-state index is 13.4. The molecule has 0 unspecified atom stereocenters. The average molecular weight is 491 g/mol. The van der Waals surface area contributed by atoms with E-state index in [9.17, 15) is 21.8 Å². The Kier molecular flexibility index (Phi) is 6.46. The van der Waals surface area contributed by atoms with Crippen molar-refractivity contribution in [2.45, 2.75) is 30.2 Å². The average Bonchev–Trinajstić information content (AvgIpc) is 3.31. The van der Waals surface area contributed by atoms with Gasteiger partial charge in [-0.3, -0.25) is 9.00 Å². The van der Waals surface area contributed by atoms with Crippen LogP contribution in [-0.2, 0) is 32.3 Å². The lowest BCUT2D eigenvalue weighted by molar-refractivity contribution is 0.102. The van der Waals surface area contributed by atoms with Crippen LogP contribution in [0, 0.1) is 5.82 Å². The fourth-order valence-electron chi connectivity index (χ4n) is 3.70. The van der Waals surface area contributed by atoms with Crippen molar-refractivity contribution in [2.24, 2.45) is 0 Å². The van der Waals surface area contributed by atoms with Gasteiger partial charge in [-0.15, -0.1) is 0 Å². The van der Waals surface area contributed by atoms with E-state index in [0.717, 1.165) is 0 Å². The van der Waals surface area contributed by atoms with Crippen LogP contribution in [-0.4, -0.2) is 45.7 Å². The van der Waals surface area contributed by atoms with Crippen molar-refractivity contribution in [3.8, 4) is 5.69 Å². The van der Waals surface area contributed by atoms with E-state index in [1.54, 1.807) is 13.8 Å². The van der Waals surface area contributed by atoms with Crippen LogP contribution >= 0.6 is 0 Å². The SMILES string of the molecule is CCN(CC)S(=O)(=O)c1ccc(C(=O)Nc2c3c(nn2-c2ccc(F)cc2)C[S@](=O)C3)cc1. The Morgan fingerprint density at radius 2 is 1.73 bits per heavy atom. The fourth-order valence-corrected chi connectivity index (χ4v) is 6.42. The van der Waals surface area contributed by atoms with E-state index in [-0.39, 0.29) is 22.0 Å². The number of sulfonamides is 1. The largest absolute Gasteiger partial charge is 0.306 e. The highest BCUT2D eigenvalue weighted by Crippen LogP contribution is 2.31. The Hall–Kier alpha value is -2.89. The summed E-state index contributed by atoms with van der Waals surface area (Å²) in [5, 5.41) is 7.29. The summed E-state index contributed by atoms with van der Waals surface area (Å²) in [5.74, 6) is 0.0417. The van der Waals surface area contributed by atoms with Gasteiger partial charge in [0.2, 0.25) is 10.0 Å². The van der Waals surface area contributed by atoms with Crippen LogP contribution in [0.25, 0.3) is 5.69 Å².